The van der Waals surface area contributed by atoms with E-state index in [0.29, 0.717) is 19.3 Å². The predicted molar refractivity (Wildman–Crippen MR) is 121 cm³/mol. The molecule has 170 valence electrons. The lowest BCUT2D eigenvalue weighted by molar-refractivity contribution is -0.158. The van der Waals surface area contributed by atoms with Crippen molar-refractivity contribution in [2.75, 3.05) is 6.61 Å². The van der Waals surface area contributed by atoms with Crippen molar-refractivity contribution < 1.29 is 23.9 Å². The van der Waals surface area contributed by atoms with E-state index in [9.17, 15) is 14.4 Å². The lowest BCUT2D eigenvalue weighted by atomic mass is 9.94. The summed E-state index contributed by atoms with van der Waals surface area (Å²) in [5.41, 5.74) is 1.44. The summed E-state index contributed by atoms with van der Waals surface area (Å²) in [5, 5.41) is 0. The maximum Gasteiger partial charge on any atom is 0.416 e. The van der Waals surface area contributed by atoms with Crippen LogP contribution in [-0.2, 0) is 31.9 Å². The first kappa shape index (κ1) is 23.5. The summed E-state index contributed by atoms with van der Waals surface area (Å²) in [6.45, 7) is 5.52. The average molecular weight is 438 g/mol. The van der Waals surface area contributed by atoms with E-state index in [-0.39, 0.29) is 18.9 Å². The first-order valence-electron chi connectivity index (χ1n) is 11.0. The van der Waals surface area contributed by atoms with Gasteiger partial charge in [0.05, 0.1) is 12.5 Å². The van der Waals surface area contributed by atoms with E-state index in [1.807, 2.05) is 60.7 Å². The number of aryl methyl sites for hydroxylation is 1. The van der Waals surface area contributed by atoms with E-state index >= 15 is 0 Å². The topological polar surface area (TPSA) is 72.9 Å². The van der Waals surface area contributed by atoms with Crippen LogP contribution in [0.1, 0.15) is 44.7 Å². The van der Waals surface area contributed by atoms with Gasteiger partial charge in [0.15, 0.2) is 0 Å². The minimum atomic E-state index is -0.672. The van der Waals surface area contributed by atoms with Gasteiger partial charge in [-0.25, -0.2) is 9.69 Å². The summed E-state index contributed by atoms with van der Waals surface area (Å²) in [5.74, 6) is -1.50. The van der Waals surface area contributed by atoms with E-state index in [1.165, 1.54) is 4.90 Å². The van der Waals surface area contributed by atoms with Crippen molar-refractivity contribution in [1.82, 2.24) is 4.90 Å². The quantitative estimate of drug-likeness (QED) is 0.566. The van der Waals surface area contributed by atoms with Crippen LogP contribution in [-0.4, -0.2) is 41.1 Å². The van der Waals surface area contributed by atoms with Crippen molar-refractivity contribution in [2.24, 2.45) is 5.92 Å². The number of carbonyl (C=O) groups is 3. The number of hydrogen-bond donors (Lipinski definition) is 0. The standard InChI is InChI=1S/C26H31NO5/c1-26(2,3)32-23(28)17-21(15-14-19-10-6-4-7-11-19)24(29)27-22(18-31-25(27)30)16-20-12-8-5-9-13-20/h4-13,21-22H,14-18H2,1-3H3/t21-,22?/m1/s1. The molecule has 0 N–H and O–H groups in total. The molecule has 1 aliphatic heterocycles. The molecule has 1 heterocycles. The van der Waals surface area contributed by atoms with Gasteiger partial charge >= 0.3 is 12.1 Å². The number of rotatable bonds is 8. The number of ether oxygens (including phenoxy) is 2. The van der Waals surface area contributed by atoms with Gasteiger partial charge in [0.25, 0.3) is 0 Å². The molecule has 1 saturated heterocycles. The first-order valence-corrected chi connectivity index (χ1v) is 11.0. The van der Waals surface area contributed by atoms with Crippen molar-refractivity contribution >= 4 is 18.0 Å². The maximum atomic E-state index is 13.5. The van der Waals surface area contributed by atoms with Crippen LogP contribution in [0.4, 0.5) is 4.79 Å². The summed E-state index contributed by atoms with van der Waals surface area (Å²) >= 11 is 0. The summed E-state index contributed by atoms with van der Waals surface area (Å²) in [4.78, 5) is 39.7. The zero-order valence-corrected chi connectivity index (χ0v) is 19.0. The zero-order chi connectivity index (χ0) is 23.1. The summed E-state index contributed by atoms with van der Waals surface area (Å²) in [6, 6.07) is 19.1. The third-order valence-electron chi connectivity index (χ3n) is 5.32. The summed E-state index contributed by atoms with van der Waals surface area (Å²) in [7, 11) is 0. The average Bonchev–Trinajstić information content (AvgIpc) is 3.10. The fraction of sp³-hybridized carbons (Fsp3) is 0.423. The van der Waals surface area contributed by atoms with Gasteiger partial charge in [-0.3, -0.25) is 9.59 Å². The molecule has 0 bridgehead atoms. The Morgan fingerprint density at radius 3 is 2.22 bits per heavy atom. The normalized spacial score (nSPS) is 17.0. The van der Waals surface area contributed by atoms with Crippen molar-refractivity contribution in [3.63, 3.8) is 0 Å². The SMILES string of the molecule is CC(C)(C)OC(=O)C[C@@H](CCc1ccccc1)C(=O)N1C(=O)OCC1Cc1ccccc1. The molecule has 0 aliphatic carbocycles. The van der Waals surface area contributed by atoms with Gasteiger partial charge in [-0.05, 0) is 51.2 Å². The Morgan fingerprint density at radius 2 is 1.62 bits per heavy atom. The van der Waals surface area contributed by atoms with Crippen LogP contribution in [0.15, 0.2) is 60.7 Å². The first-order chi connectivity index (χ1) is 15.2. The zero-order valence-electron chi connectivity index (χ0n) is 19.0. The van der Waals surface area contributed by atoms with E-state index < -0.39 is 29.6 Å². The van der Waals surface area contributed by atoms with Crippen LogP contribution in [0.25, 0.3) is 0 Å². The Balaban J connectivity index is 1.76. The van der Waals surface area contributed by atoms with Gasteiger partial charge in [-0.1, -0.05) is 60.7 Å². The minimum absolute atomic E-state index is 0.0786. The van der Waals surface area contributed by atoms with Gasteiger partial charge in [-0.15, -0.1) is 0 Å². The van der Waals surface area contributed by atoms with Crippen molar-refractivity contribution in [3.05, 3.63) is 71.8 Å². The molecular formula is C26H31NO5. The molecule has 1 unspecified atom stereocenters. The molecule has 0 radical (unpaired) electrons. The second kappa shape index (κ2) is 10.4. The smallest absolute Gasteiger partial charge is 0.416 e. The largest absolute Gasteiger partial charge is 0.460 e. The van der Waals surface area contributed by atoms with Crippen molar-refractivity contribution in [1.29, 1.82) is 0 Å². The Labute approximate surface area is 189 Å². The molecule has 2 aromatic rings. The number of amides is 2. The maximum absolute atomic E-state index is 13.5. The van der Waals surface area contributed by atoms with E-state index in [2.05, 4.69) is 0 Å². The third kappa shape index (κ3) is 6.67. The van der Waals surface area contributed by atoms with Crippen LogP contribution in [0.2, 0.25) is 0 Å². The summed E-state index contributed by atoms with van der Waals surface area (Å²) in [6.07, 6.45) is 0.835. The molecule has 32 heavy (non-hydrogen) atoms. The lowest BCUT2D eigenvalue weighted by Gasteiger charge is -2.26. The van der Waals surface area contributed by atoms with Crippen molar-refractivity contribution in [2.45, 2.75) is 58.1 Å². The van der Waals surface area contributed by atoms with Crippen molar-refractivity contribution in [3.8, 4) is 0 Å². The molecule has 6 nitrogen and oxygen atoms in total. The second-order valence-electron chi connectivity index (χ2n) is 9.14. The van der Waals surface area contributed by atoms with Gasteiger partial charge in [0, 0.05) is 5.92 Å². The van der Waals surface area contributed by atoms with E-state index in [0.717, 1.165) is 11.1 Å². The molecule has 2 aromatic carbocycles. The van der Waals surface area contributed by atoms with E-state index in [1.54, 1.807) is 20.8 Å². The Kier molecular flexibility index (Phi) is 7.67. The van der Waals surface area contributed by atoms with Gasteiger partial charge in [0.1, 0.15) is 12.2 Å². The number of esters is 1. The molecule has 2 amide bonds. The fourth-order valence-electron chi connectivity index (χ4n) is 3.85. The Bertz CT molecular complexity index is 920. The van der Waals surface area contributed by atoms with Crippen LogP contribution in [0.5, 0.6) is 0 Å². The molecule has 2 atom stereocenters. The highest BCUT2D eigenvalue weighted by Gasteiger charge is 2.41. The third-order valence-corrected chi connectivity index (χ3v) is 5.32. The molecule has 6 heteroatoms. The van der Waals surface area contributed by atoms with Gasteiger partial charge in [-0.2, -0.15) is 0 Å². The van der Waals surface area contributed by atoms with Crippen LogP contribution in [0.3, 0.4) is 0 Å². The Morgan fingerprint density at radius 1 is 1.03 bits per heavy atom. The highest BCUT2D eigenvalue weighted by atomic mass is 16.6. The Hall–Kier alpha value is -3.15. The lowest BCUT2D eigenvalue weighted by Crippen LogP contribution is -2.44. The van der Waals surface area contributed by atoms with Crippen LogP contribution >= 0.6 is 0 Å². The predicted octanol–water partition coefficient (Wildman–Crippen LogP) is 4.56. The molecule has 1 fully saturated rings. The van der Waals surface area contributed by atoms with Crippen LogP contribution in [0, 0.1) is 5.92 Å². The number of carbonyl (C=O) groups excluding carboxylic acids is 3. The fourth-order valence-corrected chi connectivity index (χ4v) is 3.85. The molecule has 0 saturated carbocycles. The highest BCUT2D eigenvalue weighted by molar-refractivity contribution is 5.96. The van der Waals surface area contributed by atoms with E-state index in [4.69, 9.17) is 9.47 Å². The molecule has 0 spiro atoms. The molecule has 3 rings (SSSR count). The van der Waals surface area contributed by atoms with Gasteiger partial charge in [0.2, 0.25) is 5.91 Å². The number of imide groups is 1. The van der Waals surface area contributed by atoms with Crippen LogP contribution < -0.4 is 0 Å². The second-order valence-corrected chi connectivity index (χ2v) is 9.14. The molecular weight excluding hydrogens is 406 g/mol. The number of nitrogens with zero attached hydrogens (tertiary/aromatic N) is 1. The highest BCUT2D eigenvalue weighted by Crippen LogP contribution is 2.25. The summed E-state index contributed by atoms with van der Waals surface area (Å²) < 4.78 is 10.7. The minimum Gasteiger partial charge on any atom is -0.460 e. The monoisotopic (exact) mass is 437 g/mol. The van der Waals surface area contributed by atoms with Gasteiger partial charge < -0.3 is 9.47 Å². The number of cyclic esters (lactones) is 1. The molecule has 0 aromatic heterocycles. The number of benzene rings is 2. The number of hydrogen-bond acceptors (Lipinski definition) is 5. The molecule has 1 aliphatic rings.